The molecule has 3 heteroatoms. The molecule has 2 rings (SSSR count). The summed E-state index contributed by atoms with van der Waals surface area (Å²) >= 11 is 0. The molecule has 2 nitrogen and oxygen atoms in total. The first kappa shape index (κ1) is 15.1. The SMILES string of the molecule is CC(C)(C)CCc1c#cc2c(c1[Si](C)(C)C)C(=O)OC2. The Labute approximate surface area is 123 Å². The van der Waals surface area contributed by atoms with Crippen LogP contribution in [0.15, 0.2) is 0 Å². The highest BCUT2D eigenvalue weighted by molar-refractivity contribution is 6.89. The van der Waals surface area contributed by atoms with Crippen LogP contribution in [0.4, 0.5) is 0 Å². The van der Waals surface area contributed by atoms with Gasteiger partial charge in [0.05, 0.1) is 19.2 Å². The number of rotatable bonds is 3. The van der Waals surface area contributed by atoms with Crippen LogP contribution in [0.25, 0.3) is 0 Å². The van der Waals surface area contributed by atoms with Crippen molar-refractivity contribution in [3.8, 4) is 0 Å². The lowest BCUT2D eigenvalue weighted by Gasteiger charge is -2.24. The zero-order valence-corrected chi connectivity index (χ0v) is 14.4. The third-order valence-corrected chi connectivity index (χ3v) is 5.70. The van der Waals surface area contributed by atoms with E-state index in [1.807, 2.05) is 0 Å². The van der Waals surface area contributed by atoms with Crippen LogP contribution in [-0.4, -0.2) is 14.0 Å². The molecule has 1 aromatic carbocycles. The fraction of sp³-hybridized carbons (Fsp3) is 0.588. The highest BCUT2D eigenvalue weighted by Gasteiger charge is 2.33. The van der Waals surface area contributed by atoms with Gasteiger partial charge in [-0.3, -0.25) is 0 Å². The monoisotopic (exact) mass is 288 g/mol. The Morgan fingerprint density at radius 1 is 1.20 bits per heavy atom. The fourth-order valence-corrected chi connectivity index (χ4v) is 4.73. The van der Waals surface area contributed by atoms with Gasteiger partial charge in [-0.05, 0) is 23.4 Å². The maximum atomic E-state index is 12.1. The number of esters is 1. The van der Waals surface area contributed by atoms with Crippen LogP contribution in [0.5, 0.6) is 0 Å². The van der Waals surface area contributed by atoms with Gasteiger partial charge in [-0.2, -0.15) is 0 Å². The number of carbonyl (C=O) groups excluding carboxylic acids is 1. The molecular formula is C17H24O2Si. The lowest BCUT2D eigenvalue weighted by Crippen LogP contribution is -2.43. The fourth-order valence-electron chi connectivity index (χ4n) is 2.64. The van der Waals surface area contributed by atoms with E-state index < -0.39 is 8.07 Å². The summed E-state index contributed by atoms with van der Waals surface area (Å²) in [6.07, 6.45) is 2.04. The van der Waals surface area contributed by atoms with Crippen molar-refractivity contribution in [1.82, 2.24) is 0 Å². The molecule has 0 aliphatic carbocycles. The van der Waals surface area contributed by atoms with Crippen molar-refractivity contribution in [2.45, 2.75) is 59.9 Å². The topological polar surface area (TPSA) is 26.3 Å². The third-order valence-electron chi connectivity index (χ3n) is 3.64. The normalized spacial score (nSPS) is 14.8. The second-order valence-corrected chi connectivity index (χ2v) is 12.8. The van der Waals surface area contributed by atoms with E-state index in [1.165, 1.54) is 10.8 Å². The van der Waals surface area contributed by atoms with Crippen LogP contribution in [-0.2, 0) is 17.8 Å². The average molecular weight is 288 g/mol. The molecule has 0 N–H and O–H groups in total. The van der Waals surface area contributed by atoms with E-state index in [0.29, 0.717) is 6.61 Å². The molecule has 20 heavy (non-hydrogen) atoms. The molecule has 1 heterocycles. The van der Waals surface area contributed by atoms with Crippen LogP contribution in [0, 0.1) is 17.5 Å². The molecule has 0 radical (unpaired) electrons. The van der Waals surface area contributed by atoms with Crippen molar-refractivity contribution >= 4 is 19.2 Å². The molecule has 1 aromatic rings. The van der Waals surface area contributed by atoms with Crippen LogP contribution >= 0.6 is 0 Å². The molecule has 0 atom stereocenters. The summed E-state index contributed by atoms with van der Waals surface area (Å²) in [5.74, 6) is -0.167. The number of carbonyl (C=O) groups is 1. The van der Waals surface area contributed by atoms with E-state index >= 15 is 0 Å². The zero-order chi connectivity index (χ0) is 15.1. The van der Waals surface area contributed by atoms with E-state index in [2.05, 4.69) is 52.5 Å². The largest absolute Gasteiger partial charge is 0.456 e. The summed E-state index contributed by atoms with van der Waals surface area (Å²) in [5, 5.41) is 1.23. The Bertz CT molecular complexity index is 533. The van der Waals surface area contributed by atoms with Gasteiger partial charge in [-0.15, -0.1) is 0 Å². The molecule has 1 aliphatic heterocycles. The lowest BCUT2D eigenvalue weighted by molar-refractivity contribution is 0.0536. The van der Waals surface area contributed by atoms with Crippen molar-refractivity contribution < 1.29 is 9.53 Å². The van der Waals surface area contributed by atoms with Gasteiger partial charge in [0.25, 0.3) is 0 Å². The maximum absolute atomic E-state index is 12.1. The van der Waals surface area contributed by atoms with Crippen molar-refractivity contribution in [3.63, 3.8) is 0 Å². The smallest absolute Gasteiger partial charge is 0.339 e. The summed E-state index contributed by atoms with van der Waals surface area (Å²) in [4.78, 5) is 12.1. The Kier molecular flexibility index (Phi) is 3.73. The molecule has 0 spiro atoms. The molecule has 0 saturated carbocycles. The quantitative estimate of drug-likeness (QED) is 0.629. The number of fused-ring (bicyclic) bond motifs is 1. The molecule has 108 valence electrons. The van der Waals surface area contributed by atoms with Crippen LogP contribution in [0.2, 0.25) is 19.6 Å². The molecule has 0 aromatic heterocycles. The van der Waals surface area contributed by atoms with Crippen molar-refractivity contribution in [1.29, 1.82) is 0 Å². The molecule has 1 aliphatic rings. The van der Waals surface area contributed by atoms with E-state index in [-0.39, 0.29) is 11.4 Å². The molecule has 0 fully saturated rings. The zero-order valence-electron chi connectivity index (χ0n) is 13.4. The van der Waals surface area contributed by atoms with Gasteiger partial charge in [-0.1, -0.05) is 52.5 Å². The predicted molar refractivity (Wildman–Crippen MR) is 84.0 cm³/mol. The molecule has 0 bridgehead atoms. The van der Waals surface area contributed by atoms with Gasteiger partial charge in [0.2, 0.25) is 0 Å². The second kappa shape index (κ2) is 4.93. The Morgan fingerprint density at radius 2 is 1.85 bits per heavy atom. The van der Waals surface area contributed by atoms with E-state index in [9.17, 15) is 4.79 Å². The van der Waals surface area contributed by atoms with Crippen LogP contribution in [0.1, 0.15) is 48.7 Å². The summed E-state index contributed by atoms with van der Waals surface area (Å²) in [5.41, 5.74) is 3.15. The molecule has 0 saturated heterocycles. The number of cyclic esters (lactones) is 1. The van der Waals surface area contributed by atoms with Crippen molar-refractivity contribution in [2.75, 3.05) is 0 Å². The first-order valence-corrected chi connectivity index (χ1v) is 10.8. The number of hydrogen-bond acceptors (Lipinski definition) is 2. The van der Waals surface area contributed by atoms with E-state index in [4.69, 9.17) is 4.74 Å². The minimum absolute atomic E-state index is 0.167. The van der Waals surface area contributed by atoms with Gasteiger partial charge >= 0.3 is 5.97 Å². The molecular weight excluding hydrogens is 264 g/mol. The summed E-state index contributed by atoms with van der Waals surface area (Å²) in [6, 6.07) is 6.46. The molecule has 0 unspecified atom stereocenters. The predicted octanol–water partition coefficient (Wildman–Crippen LogP) is 3.48. The van der Waals surface area contributed by atoms with Crippen molar-refractivity contribution in [3.05, 3.63) is 28.8 Å². The maximum Gasteiger partial charge on any atom is 0.339 e. The van der Waals surface area contributed by atoms with Gasteiger partial charge in [0, 0.05) is 5.56 Å². The first-order valence-electron chi connectivity index (χ1n) is 7.26. The highest BCUT2D eigenvalue weighted by atomic mass is 28.3. The van der Waals surface area contributed by atoms with Crippen LogP contribution < -0.4 is 5.19 Å². The third kappa shape index (κ3) is 3.07. The Morgan fingerprint density at radius 3 is 2.40 bits per heavy atom. The number of hydrogen-bond donors (Lipinski definition) is 0. The Hall–Kier alpha value is -1.27. The summed E-state index contributed by atoms with van der Waals surface area (Å²) in [7, 11) is -1.63. The van der Waals surface area contributed by atoms with E-state index in [0.717, 1.165) is 24.0 Å². The van der Waals surface area contributed by atoms with Crippen LogP contribution in [0.3, 0.4) is 0 Å². The summed E-state index contributed by atoms with van der Waals surface area (Å²) < 4.78 is 5.19. The lowest BCUT2D eigenvalue weighted by atomic mass is 9.88. The van der Waals surface area contributed by atoms with Crippen molar-refractivity contribution in [2.24, 2.45) is 5.41 Å². The molecule has 0 amide bonds. The van der Waals surface area contributed by atoms with Gasteiger partial charge in [-0.25, -0.2) is 4.79 Å². The second-order valence-electron chi connectivity index (χ2n) is 7.84. The van der Waals surface area contributed by atoms with Gasteiger partial charge in [0.15, 0.2) is 0 Å². The minimum atomic E-state index is -1.63. The number of ether oxygens (including phenoxy) is 1. The average Bonchev–Trinajstić information content (AvgIpc) is 2.65. The standard InChI is InChI=1S/C17H24O2Si/c1-17(2,3)10-9-12-7-8-13-11-19-16(18)14(13)15(12)20(4,5)6/h9-11H2,1-6H3. The first-order chi connectivity index (χ1) is 9.09. The van der Waals surface area contributed by atoms with E-state index in [1.54, 1.807) is 0 Å². The summed E-state index contributed by atoms with van der Waals surface area (Å²) in [6.45, 7) is 13.9. The minimum Gasteiger partial charge on any atom is -0.456 e. The van der Waals surface area contributed by atoms with Gasteiger partial charge < -0.3 is 4.74 Å². The highest BCUT2D eigenvalue weighted by Crippen LogP contribution is 2.24. The Balaban J connectivity index is 2.48. The van der Waals surface area contributed by atoms with Gasteiger partial charge in [0.1, 0.15) is 6.61 Å².